The van der Waals surface area contributed by atoms with E-state index in [1.54, 1.807) is 6.20 Å². The van der Waals surface area contributed by atoms with Crippen LogP contribution < -0.4 is 10.1 Å². The monoisotopic (exact) mass is 279 g/mol. The molecule has 1 heterocycles. The molecule has 0 aliphatic carbocycles. The zero-order valence-electron chi connectivity index (χ0n) is 11.3. The molecule has 0 amide bonds. The number of aromatic nitrogens is 2. The molecule has 106 valence electrons. The van der Waals surface area contributed by atoms with Crippen LogP contribution in [-0.2, 0) is 6.54 Å². The van der Waals surface area contributed by atoms with E-state index < -0.39 is 11.6 Å². The molecule has 4 nitrogen and oxygen atoms in total. The highest BCUT2D eigenvalue weighted by Crippen LogP contribution is 2.23. The van der Waals surface area contributed by atoms with E-state index in [-0.39, 0.29) is 11.8 Å². The van der Waals surface area contributed by atoms with E-state index in [9.17, 15) is 8.78 Å². The number of aryl methyl sites for hydroxylation is 1. The van der Waals surface area contributed by atoms with Crippen LogP contribution in [0.25, 0.3) is 0 Å². The van der Waals surface area contributed by atoms with Crippen molar-refractivity contribution in [3.8, 4) is 11.8 Å². The van der Waals surface area contributed by atoms with Crippen molar-refractivity contribution in [2.75, 3.05) is 6.54 Å². The molecule has 2 aromatic rings. The summed E-state index contributed by atoms with van der Waals surface area (Å²) in [5.41, 5.74) is 1.66. The number of nitrogens with one attached hydrogen (secondary N) is 1. The fraction of sp³-hybridized carbons (Fsp3) is 0.286. The largest absolute Gasteiger partial charge is 0.421 e. The Bertz CT molecular complexity index is 605. The van der Waals surface area contributed by atoms with Crippen molar-refractivity contribution in [3.05, 3.63) is 47.3 Å². The van der Waals surface area contributed by atoms with Gasteiger partial charge in [0, 0.05) is 30.1 Å². The molecule has 0 saturated heterocycles. The summed E-state index contributed by atoms with van der Waals surface area (Å²) in [5, 5.41) is 3.16. The van der Waals surface area contributed by atoms with Crippen molar-refractivity contribution < 1.29 is 13.5 Å². The Hall–Kier alpha value is -2.08. The van der Waals surface area contributed by atoms with Gasteiger partial charge in [0.15, 0.2) is 11.6 Å². The number of nitrogens with zero attached hydrogens (tertiary/aromatic N) is 2. The van der Waals surface area contributed by atoms with Crippen LogP contribution in [0.15, 0.2) is 24.4 Å². The maximum absolute atomic E-state index is 13.4. The predicted molar refractivity (Wildman–Crippen MR) is 70.6 cm³/mol. The second-order valence-corrected chi connectivity index (χ2v) is 4.22. The van der Waals surface area contributed by atoms with Gasteiger partial charge in [-0.1, -0.05) is 6.92 Å². The summed E-state index contributed by atoms with van der Waals surface area (Å²) in [6.07, 6.45) is 1.61. The van der Waals surface area contributed by atoms with E-state index in [2.05, 4.69) is 15.3 Å². The zero-order chi connectivity index (χ0) is 14.5. The van der Waals surface area contributed by atoms with Crippen molar-refractivity contribution >= 4 is 0 Å². The molecule has 1 N–H and O–H groups in total. The molecule has 6 heteroatoms. The van der Waals surface area contributed by atoms with Crippen molar-refractivity contribution in [2.24, 2.45) is 0 Å². The molecule has 0 unspecified atom stereocenters. The molecule has 0 spiro atoms. The lowest BCUT2D eigenvalue weighted by atomic mass is 10.2. The first-order chi connectivity index (χ1) is 9.60. The topological polar surface area (TPSA) is 47.0 Å². The van der Waals surface area contributed by atoms with Gasteiger partial charge >= 0.3 is 6.01 Å². The molecular weight excluding hydrogens is 264 g/mol. The number of rotatable bonds is 5. The van der Waals surface area contributed by atoms with Gasteiger partial charge in [-0.15, -0.1) is 0 Å². The van der Waals surface area contributed by atoms with Crippen LogP contribution in [0.2, 0.25) is 0 Å². The fourth-order valence-electron chi connectivity index (χ4n) is 1.61. The lowest BCUT2D eigenvalue weighted by Crippen LogP contribution is -2.13. The lowest BCUT2D eigenvalue weighted by Gasteiger charge is -2.08. The van der Waals surface area contributed by atoms with Crippen LogP contribution in [0, 0.1) is 18.6 Å². The van der Waals surface area contributed by atoms with Gasteiger partial charge in [0.05, 0.1) is 0 Å². The van der Waals surface area contributed by atoms with Crippen LogP contribution in [0.1, 0.15) is 18.2 Å². The average molecular weight is 279 g/mol. The number of halogens is 2. The molecule has 1 aromatic heterocycles. The first kappa shape index (κ1) is 14.3. The first-order valence-electron chi connectivity index (χ1n) is 6.26. The second kappa shape index (κ2) is 6.38. The van der Waals surface area contributed by atoms with Gasteiger partial charge in [-0.2, -0.15) is 4.98 Å². The summed E-state index contributed by atoms with van der Waals surface area (Å²) in [4.78, 5) is 8.13. The number of hydrogen-bond donors (Lipinski definition) is 1. The van der Waals surface area contributed by atoms with Gasteiger partial charge in [0.1, 0.15) is 5.82 Å². The third-order valence-corrected chi connectivity index (χ3v) is 2.72. The summed E-state index contributed by atoms with van der Waals surface area (Å²) >= 11 is 0. The second-order valence-electron chi connectivity index (χ2n) is 4.22. The zero-order valence-corrected chi connectivity index (χ0v) is 11.3. The smallest absolute Gasteiger partial charge is 0.322 e. The van der Waals surface area contributed by atoms with E-state index >= 15 is 0 Å². The van der Waals surface area contributed by atoms with Gasteiger partial charge in [-0.05, 0) is 25.6 Å². The Balaban J connectivity index is 2.17. The maximum atomic E-state index is 13.4. The van der Waals surface area contributed by atoms with Crippen LogP contribution in [0.3, 0.4) is 0 Å². The minimum Gasteiger partial charge on any atom is -0.421 e. The first-order valence-corrected chi connectivity index (χ1v) is 6.26. The highest BCUT2D eigenvalue weighted by atomic mass is 19.1. The van der Waals surface area contributed by atoms with Gasteiger partial charge in [-0.3, -0.25) is 0 Å². The Morgan fingerprint density at radius 1 is 1.30 bits per heavy atom. The average Bonchev–Trinajstić information content (AvgIpc) is 2.42. The Morgan fingerprint density at radius 2 is 2.10 bits per heavy atom. The summed E-state index contributed by atoms with van der Waals surface area (Å²) in [7, 11) is 0. The van der Waals surface area contributed by atoms with Crippen LogP contribution in [-0.4, -0.2) is 16.5 Å². The third-order valence-electron chi connectivity index (χ3n) is 2.72. The summed E-state index contributed by atoms with van der Waals surface area (Å²) in [6, 6.07) is 2.97. The van der Waals surface area contributed by atoms with Crippen LogP contribution in [0.4, 0.5) is 8.78 Å². The molecule has 0 atom stereocenters. The molecular formula is C14H15F2N3O. The van der Waals surface area contributed by atoms with Crippen molar-refractivity contribution in [2.45, 2.75) is 20.4 Å². The SMILES string of the molecule is CCNCc1cnc(Oc2cc(F)ccc2F)nc1C. The molecule has 0 saturated carbocycles. The van der Waals surface area contributed by atoms with E-state index in [4.69, 9.17) is 4.74 Å². The molecule has 0 radical (unpaired) electrons. The number of ether oxygens (including phenoxy) is 1. The van der Waals surface area contributed by atoms with Crippen LogP contribution >= 0.6 is 0 Å². The molecule has 2 rings (SSSR count). The van der Waals surface area contributed by atoms with Crippen molar-refractivity contribution in [1.82, 2.24) is 15.3 Å². The Kier molecular flexibility index (Phi) is 4.57. The van der Waals surface area contributed by atoms with Crippen LogP contribution in [0.5, 0.6) is 11.8 Å². The molecule has 0 fully saturated rings. The standard InChI is InChI=1S/C14H15F2N3O/c1-3-17-7-10-8-18-14(19-9(10)2)20-13-6-11(15)4-5-12(13)16/h4-6,8,17H,3,7H2,1-2H3. The third kappa shape index (κ3) is 3.48. The fourth-order valence-corrected chi connectivity index (χ4v) is 1.61. The van der Waals surface area contributed by atoms with Gasteiger partial charge in [0.2, 0.25) is 0 Å². The van der Waals surface area contributed by atoms with Gasteiger partial charge in [0.25, 0.3) is 0 Å². The minimum atomic E-state index is -0.663. The molecule has 0 aliphatic rings. The maximum Gasteiger partial charge on any atom is 0.322 e. The molecule has 0 aliphatic heterocycles. The van der Waals surface area contributed by atoms with Crippen molar-refractivity contribution in [3.63, 3.8) is 0 Å². The number of benzene rings is 1. The predicted octanol–water partition coefficient (Wildman–Crippen LogP) is 2.97. The highest BCUT2D eigenvalue weighted by Gasteiger charge is 2.09. The van der Waals surface area contributed by atoms with Crippen molar-refractivity contribution in [1.29, 1.82) is 0 Å². The summed E-state index contributed by atoms with van der Waals surface area (Å²) < 4.78 is 31.7. The molecule has 0 bridgehead atoms. The van der Waals surface area contributed by atoms with E-state index in [0.29, 0.717) is 6.54 Å². The Labute approximate surface area is 115 Å². The van der Waals surface area contributed by atoms with Gasteiger partial charge in [-0.25, -0.2) is 13.8 Å². The quantitative estimate of drug-likeness (QED) is 0.914. The summed E-state index contributed by atoms with van der Waals surface area (Å²) in [6.45, 7) is 5.30. The minimum absolute atomic E-state index is 0.00718. The van der Waals surface area contributed by atoms with E-state index in [0.717, 1.165) is 36.0 Å². The lowest BCUT2D eigenvalue weighted by molar-refractivity contribution is 0.405. The molecule has 1 aromatic carbocycles. The highest BCUT2D eigenvalue weighted by molar-refractivity contribution is 5.28. The summed E-state index contributed by atoms with van der Waals surface area (Å²) in [5.74, 6) is -1.48. The molecule has 20 heavy (non-hydrogen) atoms. The Morgan fingerprint density at radius 3 is 2.80 bits per heavy atom. The van der Waals surface area contributed by atoms with E-state index in [1.165, 1.54) is 0 Å². The number of hydrogen-bond acceptors (Lipinski definition) is 4. The van der Waals surface area contributed by atoms with E-state index in [1.807, 2.05) is 13.8 Å². The normalized spacial score (nSPS) is 10.6. The van der Waals surface area contributed by atoms with Gasteiger partial charge < -0.3 is 10.1 Å².